The molecular formula is C27H32O2. The highest BCUT2D eigenvalue weighted by Gasteiger charge is 2.11. The molecule has 2 nitrogen and oxygen atoms in total. The Morgan fingerprint density at radius 2 is 1.28 bits per heavy atom. The fourth-order valence-electron chi connectivity index (χ4n) is 2.94. The second kappa shape index (κ2) is 13.0. The molecule has 0 saturated heterocycles. The Morgan fingerprint density at radius 1 is 0.724 bits per heavy atom. The summed E-state index contributed by atoms with van der Waals surface area (Å²) >= 11 is 0. The van der Waals surface area contributed by atoms with Crippen LogP contribution in [0.25, 0.3) is 24.3 Å². The lowest BCUT2D eigenvalue weighted by Crippen LogP contribution is -1.92. The van der Waals surface area contributed by atoms with Crippen LogP contribution in [-0.2, 0) is 6.42 Å². The van der Waals surface area contributed by atoms with Crippen LogP contribution in [-0.4, -0.2) is 10.2 Å². The summed E-state index contributed by atoms with van der Waals surface area (Å²) in [5, 5.41) is 19.4. The molecule has 0 bridgehead atoms. The van der Waals surface area contributed by atoms with Gasteiger partial charge in [-0.25, -0.2) is 0 Å². The van der Waals surface area contributed by atoms with Gasteiger partial charge < -0.3 is 10.2 Å². The van der Waals surface area contributed by atoms with Gasteiger partial charge in [0, 0.05) is 5.56 Å². The number of phenols is 2. The van der Waals surface area contributed by atoms with E-state index in [2.05, 4.69) is 12.7 Å². The van der Waals surface area contributed by atoms with Gasteiger partial charge in [-0.05, 0) is 68.5 Å². The van der Waals surface area contributed by atoms with E-state index < -0.39 is 0 Å². The summed E-state index contributed by atoms with van der Waals surface area (Å²) < 4.78 is 0. The molecule has 2 N–H and O–H groups in total. The molecule has 0 aliphatic heterocycles. The number of phenolic OH excluding ortho intramolecular Hbond substituents is 2. The molecule has 2 aromatic rings. The first-order valence-electron chi connectivity index (χ1n) is 9.82. The van der Waals surface area contributed by atoms with E-state index in [0.29, 0.717) is 11.5 Å². The zero-order chi connectivity index (χ0) is 21.6. The molecule has 0 fully saturated rings. The molecule has 0 spiro atoms. The molecule has 0 unspecified atom stereocenters. The van der Waals surface area contributed by atoms with E-state index in [0.717, 1.165) is 34.2 Å². The molecule has 0 radical (unpaired) electrons. The zero-order valence-electron chi connectivity index (χ0n) is 17.9. The molecule has 0 atom stereocenters. The van der Waals surface area contributed by atoms with Crippen LogP contribution < -0.4 is 0 Å². The van der Waals surface area contributed by atoms with Crippen molar-refractivity contribution in [2.45, 2.75) is 34.1 Å². The maximum absolute atomic E-state index is 10.2. The van der Waals surface area contributed by atoms with Crippen LogP contribution in [0.5, 0.6) is 11.5 Å². The highest BCUT2D eigenvalue weighted by Crippen LogP contribution is 2.32. The molecule has 2 rings (SSSR count). The summed E-state index contributed by atoms with van der Waals surface area (Å²) in [6.07, 6.45) is 18.5. The smallest absolute Gasteiger partial charge is 0.124 e. The Balaban J connectivity index is 0.000000352. The summed E-state index contributed by atoms with van der Waals surface area (Å²) in [7, 11) is 0. The molecule has 2 aromatic carbocycles. The van der Waals surface area contributed by atoms with Crippen LogP contribution >= 0.6 is 0 Å². The molecule has 0 heterocycles. The Hall–Kier alpha value is -3.26. The van der Waals surface area contributed by atoms with Crippen molar-refractivity contribution >= 4 is 24.3 Å². The topological polar surface area (TPSA) is 40.5 Å². The van der Waals surface area contributed by atoms with Gasteiger partial charge in [-0.1, -0.05) is 72.9 Å². The van der Waals surface area contributed by atoms with Gasteiger partial charge >= 0.3 is 0 Å². The Kier molecular flexibility index (Phi) is 10.7. The molecule has 152 valence electrons. The molecule has 0 aromatic heterocycles. The monoisotopic (exact) mass is 388 g/mol. The number of para-hydroxylation sites is 1. The van der Waals surface area contributed by atoms with E-state index in [4.69, 9.17) is 0 Å². The van der Waals surface area contributed by atoms with E-state index in [9.17, 15) is 10.2 Å². The zero-order valence-corrected chi connectivity index (χ0v) is 17.9. The lowest BCUT2D eigenvalue weighted by Gasteiger charge is -2.13. The van der Waals surface area contributed by atoms with E-state index in [1.165, 1.54) is 0 Å². The molecule has 0 aliphatic carbocycles. The van der Waals surface area contributed by atoms with Gasteiger partial charge in [-0.2, -0.15) is 0 Å². The minimum atomic E-state index is 0.313. The summed E-state index contributed by atoms with van der Waals surface area (Å²) in [5.74, 6) is 0.662. The van der Waals surface area contributed by atoms with Gasteiger partial charge in [-0.15, -0.1) is 6.58 Å². The lowest BCUT2D eigenvalue weighted by molar-refractivity contribution is 0.469. The van der Waals surface area contributed by atoms with E-state index in [-0.39, 0.29) is 0 Å². The first kappa shape index (κ1) is 23.8. The van der Waals surface area contributed by atoms with Gasteiger partial charge in [0.1, 0.15) is 11.5 Å². The van der Waals surface area contributed by atoms with Crippen molar-refractivity contribution in [3.63, 3.8) is 0 Å². The maximum Gasteiger partial charge on any atom is 0.124 e. The highest BCUT2D eigenvalue weighted by atomic mass is 16.3. The highest BCUT2D eigenvalue weighted by molar-refractivity contribution is 5.82. The van der Waals surface area contributed by atoms with Crippen LogP contribution in [0, 0.1) is 0 Å². The van der Waals surface area contributed by atoms with Crippen molar-refractivity contribution in [3.8, 4) is 11.5 Å². The molecule has 0 aliphatic rings. The van der Waals surface area contributed by atoms with Crippen molar-refractivity contribution in [1.29, 1.82) is 0 Å². The second-order valence-electron chi connectivity index (χ2n) is 6.35. The number of hydrogen-bond acceptors (Lipinski definition) is 2. The molecule has 0 saturated carbocycles. The number of aromatic hydroxyl groups is 2. The standard InChI is InChI=1S/C18H22O.C9H10O/c1-5-9-14-13-18(19)17(12-8-4)16(11-7-3)15(14)10-6-2;1-2-5-8-6-3-4-7-9(8)10/h5-13,19H,1-4H3;2-4,6-7,10H,1,5H2. The Bertz CT molecular complexity index is 912. The quantitative estimate of drug-likeness (QED) is 0.499. The number of allylic oxidation sites excluding steroid dienone is 5. The van der Waals surface area contributed by atoms with Gasteiger partial charge in [0.25, 0.3) is 0 Å². The predicted octanol–water partition coefficient (Wildman–Crippen LogP) is 7.65. The average molecular weight is 389 g/mol. The van der Waals surface area contributed by atoms with Gasteiger partial charge in [0.2, 0.25) is 0 Å². The number of rotatable bonds is 6. The van der Waals surface area contributed by atoms with E-state index in [1.54, 1.807) is 12.1 Å². The summed E-state index contributed by atoms with van der Waals surface area (Å²) in [6, 6.07) is 9.09. The predicted molar refractivity (Wildman–Crippen MR) is 129 cm³/mol. The Labute approximate surface area is 175 Å². The molecular weight excluding hydrogens is 356 g/mol. The van der Waals surface area contributed by atoms with Crippen molar-refractivity contribution in [2.75, 3.05) is 0 Å². The summed E-state index contributed by atoms with van der Waals surface area (Å²) in [4.78, 5) is 0. The van der Waals surface area contributed by atoms with Gasteiger partial charge in [0.15, 0.2) is 0 Å². The minimum Gasteiger partial charge on any atom is -0.508 e. The van der Waals surface area contributed by atoms with E-state index in [1.807, 2.05) is 94.5 Å². The fourth-order valence-corrected chi connectivity index (χ4v) is 2.94. The fraction of sp³-hybridized carbons (Fsp3) is 0.185. The SMILES string of the molecule is C=CCc1ccccc1O.CC=Cc1cc(O)c(C=CC)c(C=CC)c1C=CC. The lowest BCUT2D eigenvalue weighted by atomic mass is 9.93. The van der Waals surface area contributed by atoms with Crippen molar-refractivity contribution in [2.24, 2.45) is 0 Å². The van der Waals surface area contributed by atoms with Crippen molar-refractivity contribution < 1.29 is 10.2 Å². The maximum atomic E-state index is 10.2. The third-order valence-corrected chi connectivity index (χ3v) is 4.16. The molecule has 0 amide bonds. The summed E-state index contributed by atoms with van der Waals surface area (Å²) in [6.45, 7) is 11.5. The third kappa shape index (κ3) is 7.00. The first-order valence-corrected chi connectivity index (χ1v) is 9.82. The van der Waals surface area contributed by atoms with Crippen molar-refractivity contribution in [1.82, 2.24) is 0 Å². The van der Waals surface area contributed by atoms with Gasteiger partial charge in [-0.3, -0.25) is 0 Å². The normalized spacial score (nSPS) is 11.4. The minimum absolute atomic E-state index is 0.313. The number of benzene rings is 2. The largest absolute Gasteiger partial charge is 0.508 e. The van der Waals surface area contributed by atoms with Crippen LogP contribution in [0.1, 0.15) is 55.5 Å². The van der Waals surface area contributed by atoms with Crippen LogP contribution in [0.15, 0.2) is 67.3 Å². The van der Waals surface area contributed by atoms with Crippen LogP contribution in [0.3, 0.4) is 0 Å². The molecule has 29 heavy (non-hydrogen) atoms. The Morgan fingerprint density at radius 3 is 1.83 bits per heavy atom. The summed E-state index contributed by atoms with van der Waals surface area (Å²) in [5.41, 5.74) is 5.00. The van der Waals surface area contributed by atoms with Crippen molar-refractivity contribution in [3.05, 3.63) is 95.1 Å². The van der Waals surface area contributed by atoms with Crippen LogP contribution in [0.2, 0.25) is 0 Å². The van der Waals surface area contributed by atoms with Gasteiger partial charge in [0.05, 0.1) is 0 Å². The number of hydrogen-bond donors (Lipinski definition) is 2. The first-order chi connectivity index (χ1) is 14.0. The van der Waals surface area contributed by atoms with E-state index >= 15 is 0 Å². The average Bonchev–Trinajstić information content (AvgIpc) is 2.70. The second-order valence-corrected chi connectivity index (χ2v) is 6.35. The third-order valence-electron chi connectivity index (χ3n) is 4.16. The van der Waals surface area contributed by atoms with Crippen LogP contribution in [0.4, 0.5) is 0 Å². The molecule has 2 heteroatoms.